The van der Waals surface area contributed by atoms with E-state index in [9.17, 15) is 91.9 Å². The van der Waals surface area contributed by atoms with Crippen molar-refractivity contribution in [1.82, 2.24) is 0 Å². The first-order valence-electron chi connectivity index (χ1n) is 31.9. The smallest absolute Gasteiger partial charge is 0.187 e. The van der Waals surface area contributed by atoms with Gasteiger partial charge >= 0.3 is 0 Å². The van der Waals surface area contributed by atoms with E-state index in [4.69, 9.17) is 47.4 Å². The predicted octanol–water partition coefficient (Wildman–Crippen LogP) is -4.13. The fraction of sp³-hybridized carbons (Fsp3) is 0.967. The monoisotopic (exact) mass is 1280 g/mol. The van der Waals surface area contributed by atoms with Crippen LogP contribution >= 0.6 is 0 Å². The van der Waals surface area contributed by atoms with E-state index in [1.807, 2.05) is 0 Å². The van der Waals surface area contributed by atoms with E-state index in [0.717, 1.165) is 18.4 Å². The van der Waals surface area contributed by atoms with Gasteiger partial charge in [-0.05, 0) is 99.7 Å². The quantitative estimate of drug-likeness (QED) is 0.0515. The van der Waals surface area contributed by atoms with E-state index in [-0.39, 0.29) is 40.9 Å². The molecule has 0 radical (unpaired) electrons. The lowest BCUT2D eigenvalue weighted by molar-refractivity contribution is -0.371. The van der Waals surface area contributed by atoms with E-state index in [0.29, 0.717) is 32.1 Å². The lowest BCUT2D eigenvalue weighted by Gasteiger charge is -2.67. The van der Waals surface area contributed by atoms with Crippen LogP contribution in [0.4, 0.5) is 0 Å². The molecule has 4 unspecified atom stereocenters. The Morgan fingerprint density at radius 2 is 1.02 bits per heavy atom. The Hall–Kier alpha value is -1.38. The number of rotatable bonds is 20. The molecule has 0 amide bonds. The van der Waals surface area contributed by atoms with Crippen molar-refractivity contribution in [2.24, 2.45) is 51.2 Å². The normalized spacial score (nSPS) is 51.8. The van der Waals surface area contributed by atoms with Crippen molar-refractivity contribution in [3.63, 3.8) is 0 Å². The molecule has 9 rings (SSSR count). The van der Waals surface area contributed by atoms with E-state index >= 15 is 0 Å². The number of hydrogen-bond acceptors (Lipinski definition) is 28. The zero-order valence-corrected chi connectivity index (χ0v) is 52.4. The number of hydrogen-bond donors (Lipinski definition) is 18. The Balaban J connectivity index is 0.865. The topological polar surface area (TPSA) is 456 Å². The first-order chi connectivity index (χ1) is 41.6. The minimum Gasteiger partial charge on any atom is -0.394 e. The molecule has 28 heteroatoms. The minimum absolute atomic E-state index is 0.00640. The number of aliphatic hydroxyl groups is 18. The van der Waals surface area contributed by atoms with Gasteiger partial charge in [-0.3, -0.25) is 0 Å². The zero-order valence-electron chi connectivity index (χ0n) is 52.4. The Morgan fingerprint density at radius 3 is 1.58 bits per heavy atom. The summed E-state index contributed by atoms with van der Waals surface area (Å²) in [6.45, 7) is 14.6. The van der Waals surface area contributed by atoms with E-state index < -0.39 is 221 Å². The third-order valence-electron chi connectivity index (χ3n) is 23.3. The highest BCUT2D eigenvalue weighted by atomic mass is 16.8. The van der Waals surface area contributed by atoms with Crippen LogP contribution in [0.2, 0.25) is 0 Å². The maximum absolute atomic E-state index is 12.8. The summed E-state index contributed by atoms with van der Waals surface area (Å²) in [6.07, 6.45) is -33.7. The molecule has 5 heterocycles. The van der Waals surface area contributed by atoms with Gasteiger partial charge in [0.2, 0.25) is 0 Å². The number of fused-ring (bicyclic) bond motifs is 5. The average molecular weight is 1290 g/mol. The van der Waals surface area contributed by atoms with Gasteiger partial charge in [0.1, 0.15) is 104 Å². The fourth-order valence-electron chi connectivity index (χ4n) is 17.2. The van der Waals surface area contributed by atoms with Crippen molar-refractivity contribution in [3.05, 3.63) is 11.6 Å². The molecule has 5 saturated heterocycles. The van der Waals surface area contributed by atoms with E-state index in [1.54, 1.807) is 6.92 Å². The highest BCUT2D eigenvalue weighted by Gasteiger charge is 2.70. The predicted molar refractivity (Wildman–Crippen MR) is 303 cm³/mol. The molecule has 9 aliphatic rings. The summed E-state index contributed by atoms with van der Waals surface area (Å²) in [5.41, 5.74) is -2.31. The second kappa shape index (κ2) is 27.6. The molecule has 35 atom stereocenters. The third-order valence-corrected chi connectivity index (χ3v) is 23.3. The van der Waals surface area contributed by atoms with Crippen LogP contribution in [0, 0.1) is 51.2 Å². The lowest BCUT2D eigenvalue weighted by Crippen LogP contribution is -2.65. The third kappa shape index (κ3) is 13.1. The van der Waals surface area contributed by atoms with Crippen molar-refractivity contribution in [2.75, 3.05) is 33.0 Å². The van der Waals surface area contributed by atoms with Crippen LogP contribution in [0.25, 0.3) is 0 Å². The highest BCUT2D eigenvalue weighted by Crippen LogP contribution is 2.75. The van der Waals surface area contributed by atoms with E-state index in [2.05, 4.69) is 47.6 Å². The largest absolute Gasteiger partial charge is 0.394 e. The van der Waals surface area contributed by atoms with Crippen LogP contribution in [-0.2, 0) is 47.4 Å². The molecule has 28 nitrogen and oxygen atoms in total. The first kappa shape index (κ1) is 71.9. The summed E-state index contributed by atoms with van der Waals surface area (Å²) in [6, 6.07) is 0. The van der Waals surface area contributed by atoms with Gasteiger partial charge < -0.3 is 139 Å². The number of allylic oxidation sites excluding steroid dienone is 1. The zero-order chi connectivity index (χ0) is 65.5. The number of ether oxygens (including phenoxy) is 10. The molecule has 89 heavy (non-hydrogen) atoms. The van der Waals surface area contributed by atoms with Crippen LogP contribution in [0.1, 0.15) is 114 Å². The van der Waals surface area contributed by atoms with Crippen molar-refractivity contribution < 1.29 is 139 Å². The summed E-state index contributed by atoms with van der Waals surface area (Å²) in [5, 5.41) is 195. The maximum atomic E-state index is 12.8. The summed E-state index contributed by atoms with van der Waals surface area (Å²) in [5.74, 6) is -0.629. The maximum Gasteiger partial charge on any atom is 0.187 e. The summed E-state index contributed by atoms with van der Waals surface area (Å²) >= 11 is 0. The van der Waals surface area contributed by atoms with Gasteiger partial charge in [-0.2, -0.15) is 0 Å². The van der Waals surface area contributed by atoms with Gasteiger partial charge in [0.05, 0.1) is 69.2 Å². The summed E-state index contributed by atoms with van der Waals surface area (Å²) in [4.78, 5) is 0. The minimum atomic E-state index is -1.89. The first-order valence-corrected chi connectivity index (χ1v) is 31.9. The van der Waals surface area contributed by atoms with Gasteiger partial charge in [-0.1, -0.05) is 60.1 Å². The molecule has 8 fully saturated rings. The molecule has 0 spiro atoms. The van der Waals surface area contributed by atoms with Crippen molar-refractivity contribution >= 4 is 0 Å². The summed E-state index contributed by atoms with van der Waals surface area (Å²) in [7, 11) is 0. The van der Waals surface area contributed by atoms with E-state index in [1.165, 1.54) is 13.8 Å². The fourth-order valence-corrected chi connectivity index (χ4v) is 17.2. The molecule has 18 N–H and O–H groups in total. The SMILES string of the molecule is C[C@H]1[C@H](O)[C@@H](O)C(O[C@H]2[C@H](O)[C@@H](O)[C@H](O[C@H](CC[C@@H](C)C3CC[C@@]4(C)C5CC=C6C(CC[C@H](O[C@@H]7O[C@H](CO[C@@H]8O[C@H](CO)[C@@H](O)[C@H](O)[C@H]8O)[C@@H](O)[C@H](O)[C@H]7O)C6(C)C)[C@]5(C)[C@H](O)C[C@]34C)C(C)(C)O)O[C@@H]2CO[C@@H]2O[C@H](CO)[C@@H](O)[C@H](O)[C@H]2O)O[C@@H]1CO. The van der Waals surface area contributed by atoms with Gasteiger partial charge in [-0.25, -0.2) is 0 Å². The molecule has 0 bridgehead atoms. The van der Waals surface area contributed by atoms with Crippen LogP contribution in [0.5, 0.6) is 0 Å². The molecule has 3 saturated carbocycles. The molecule has 0 aromatic carbocycles. The van der Waals surface area contributed by atoms with Crippen LogP contribution in [-0.4, -0.2) is 296 Å². The Bertz CT molecular complexity index is 2340. The highest BCUT2D eigenvalue weighted by molar-refractivity contribution is 5.32. The molecule has 0 aromatic heterocycles. The van der Waals surface area contributed by atoms with Crippen molar-refractivity contribution in [2.45, 2.75) is 285 Å². The van der Waals surface area contributed by atoms with Gasteiger partial charge in [-0.15, -0.1) is 0 Å². The Labute approximate surface area is 518 Å². The second-order valence-corrected chi connectivity index (χ2v) is 29.1. The number of aliphatic hydroxyl groups excluding tert-OH is 17. The standard InChI is InChI=1S/C61H104O28/c1-24(10-14-37(58(5,6)79)88-55-50(78)45(73)51(89-56-46(74)38(66)25(2)29(19-62)82-56)33(86-55)23-81-53-48(76)43(71)40(68)31(21-64)84-53)26-16-17-59(7)34-13-11-27-28(61(34,9)35(65)18-60(26,59)8)12-15-36(57(27,3)4)87-54-49(77)44(72)41(69)32(85-54)22-80-52-47(75)42(70)39(67)30(20-63)83-52/h11,24-26,28-56,62-79H,10,12-23H2,1-9H3/t24-,25-,26?,28?,29-,30-,31-,32-,33-,34?,35-,36+,37-,38+,39-,40-,41-,42+,43+,44+,45-,46-,47-,48-,49-,50-,51-,52-,53-,54+,55+,56?,59+,60-,61+/m1/s1. The Kier molecular flexibility index (Phi) is 22.3. The van der Waals surface area contributed by atoms with Gasteiger partial charge in [0, 0.05) is 16.7 Å². The lowest BCUT2D eigenvalue weighted by atomic mass is 9.38. The Morgan fingerprint density at radius 1 is 0.539 bits per heavy atom. The molecule has 0 aromatic rings. The molecule has 5 aliphatic heterocycles. The van der Waals surface area contributed by atoms with Gasteiger partial charge in [0.25, 0.3) is 0 Å². The average Bonchev–Trinajstić information content (AvgIpc) is 1.66. The van der Waals surface area contributed by atoms with Crippen LogP contribution < -0.4 is 0 Å². The van der Waals surface area contributed by atoms with Crippen molar-refractivity contribution in [1.29, 1.82) is 0 Å². The second-order valence-electron chi connectivity index (χ2n) is 29.1. The van der Waals surface area contributed by atoms with Gasteiger partial charge in [0.15, 0.2) is 31.5 Å². The molecular weight excluding hydrogens is 1180 g/mol. The van der Waals surface area contributed by atoms with Crippen LogP contribution in [0.3, 0.4) is 0 Å². The van der Waals surface area contributed by atoms with Crippen molar-refractivity contribution in [3.8, 4) is 0 Å². The molecule has 4 aliphatic carbocycles. The summed E-state index contributed by atoms with van der Waals surface area (Å²) < 4.78 is 59.7. The molecular formula is C61H104O28. The van der Waals surface area contributed by atoms with Crippen LogP contribution in [0.15, 0.2) is 11.6 Å². The molecule has 516 valence electrons.